The second kappa shape index (κ2) is 4.88. The summed E-state index contributed by atoms with van der Waals surface area (Å²) in [4.78, 5) is 25.3. The monoisotopic (exact) mass is 255 g/mol. The summed E-state index contributed by atoms with van der Waals surface area (Å²) in [5.74, 6) is -1.13. The van der Waals surface area contributed by atoms with E-state index in [1.165, 1.54) is 0 Å². The summed E-state index contributed by atoms with van der Waals surface area (Å²) in [5, 5.41) is 8.98. The van der Waals surface area contributed by atoms with Crippen molar-refractivity contribution >= 4 is 11.9 Å². The molecule has 0 unspecified atom stereocenters. The summed E-state index contributed by atoms with van der Waals surface area (Å²) in [6, 6.07) is 0. The van der Waals surface area contributed by atoms with Gasteiger partial charge < -0.3 is 14.7 Å². The quantitative estimate of drug-likeness (QED) is 0.803. The third-order valence-electron chi connectivity index (χ3n) is 4.04. The number of hydrogen-bond donors (Lipinski definition) is 1. The number of aliphatic carboxylic acids is 1. The Morgan fingerprint density at radius 3 is 2.50 bits per heavy atom. The van der Waals surface area contributed by atoms with Gasteiger partial charge in [-0.15, -0.1) is 0 Å². The van der Waals surface area contributed by atoms with Crippen molar-refractivity contribution in [2.24, 2.45) is 11.8 Å². The zero-order valence-electron chi connectivity index (χ0n) is 11.0. The number of rotatable bonds is 2. The van der Waals surface area contributed by atoms with Gasteiger partial charge in [-0.1, -0.05) is 0 Å². The average Bonchev–Trinajstić information content (AvgIpc) is 2.77. The van der Waals surface area contributed by atoms with Gasteiger partial charge in [0.15, 0.2) is 0 Å². The van der Waals surface area contributed by atoms with Gasteiger partial charge in [0.05, 0.1) is 24.7 Å². The van der Waals surface area contributed by atoms with Gasteiger partial charge in [-0.2, -0.15) is 0 Å². The zero-order valence-corrected chi connectivity index (χ0v) is 11.0. The maximum atomic E-state index is 12.5. The van der Waals surface area contributed by atoms with E-state index in [2.05, 4.69) is 0 Å². The van der Waals surface area contributed by atoms with Gasteiger partial charge in [0.2, 0.25) is 5.91 Å². The Morgan fingerprint density at radius 2 is 1.94 bits per heavy atom. The molecule has 2 aliphatic rings. The number of carboxylic acid groups (broad SMARTS) is 1. The lowest BCUT2D eigenvalue weighted by Gasteiger charge is -2.43. The smallest absolute Gasteiger partial charge is 0.306 e. The fourth-order valence-electron chi connectivity index (χ4n) is 2.92. The number of amides is 1. The fraction of sp³-hybridized carbons (Fsp3) is 0.846. The number of morpholine rings is 1. The van der Waals surface area contributed by atoms with E-state index in [9.17, 15) is 9.59 Å². The average molecular weight is 255 g/mol. The third kappa shape index (κ3) is 2.51. The Balaban J connectivity index is 2.01. The van der Waals surface area contributed by atoms with Crippen molar-refractivity contribution < 1.29 is 19.4 Å². The predicted octanol–water partition coefficient (Wildman–Crippen LogP) is 1.12. The summed E-state index contributed by atoms with van der Waals surface area (Å²) < 4.78 is 5.40. The van der Waals surface area contributed by atoms with Gasteiger partial charge in [-0.25, -0.2) is 0 Å². The van der Waals surface area contributed by atoms with Crippen molar-refractivity contribution in [1.29, 1.82) is 0 Å². The highest BCUT2D eigenvalue weighted by Crippen LogP contribution is 2.34. The van der Waals surface area contributed by atoms with Gasteiger partial charge in [0, 0.05) is 12.5 Å². The molecule has 1 aliphatic carbocycles. The lowest BCUT2D eigenvalue weighted by atomic mass is 9.97. The minimum absolute atomic E-state index is 0.104. The SMILES string of the molecule is CC1(C)COCCN1C(=O)[C@@H]1CC[C@H](C(=O)O)C1. The normalized spacial score (nSPS) is 31.3. The van der Waals surface area contributed by atoms with Gasteiger partial charge in [-0.3, -0.25) is 9.59 Å². The van der Waals surface area contributed by atoms with Crippen molar-refractivity contribution in [1.82, 2.24) is 4.90 Å². The molecule has 0 bridgehead atoms. The molecule has 18 heavy (non-hydrogen) atoms. The number of carboxylic acids is 1. The molecule has 2 rings (SSSR count). The first-order chi connectivity index (χ1) is 8.42. The molecule has 2 atom stereocenters. The molecule has 5 heteroatoms. The Bertz CT molecular complexity index is 353. The van der Waals surface area contributed by atoms with Crippen LogP contribution in [0.4, 0.5) is 0 Å². The van der Waals surface area contributed by atoms with E-state index in [-0.39, 0.29) is 23.3 Å². The maximum Gasteiger partial charge on any atom is 0.306 e. The number of carbonyl (C=O) groups is 2. The molecule has 0 aromatic carbocycles. The second-order valence-corrected chi connectivity index (χ2v) is 5.90. The summed E-state index contributed by atoms with van der Waals surface area (Å²) in [6.45, 7) is 5.72. The molecule has 2 fully saturated rings. The Hall–Kier alpha value is -1.10. The van der Waals surface area contributed by atoms with E-state index in [0.29, 0.717) is 39.0 Å². The number of hydrogen-bond acceptors (Lipinski definition) is 3. The van der Waals surface area contributed by atoms with Crippen LogP contribution in [0.15, 0.2) is 0 Å². The minimum atomic E-state index is -0.772. The van der Waals surface area contributed by atoms with Crippen LogP contribution < -0.4 is 0 Å². The molecule has 0 radical (unpaired) electrons. The van der Waals surface area contributed by atoms with E-state index in [0.717, 1.165) is 0 Å². The first-order valence-electron chi connectivity index (χ1n) is 6.54. The van der Waals surface area contributed by atoms with Crippen LogP contribution in [0.5, 0.6) is 0 Å². The van der Waals surface area contributed by atoms with Gasteiger partial charge in [0.25, 0.3) is 0 Å². The lowest BCUT2D eigenvalue weighted by Crippen LogP contribution is -2.56. The molecular formula is C13H21NO4. The van der Waals surface area contributed by atoms with E-state index in [4.69, 9.17) is 9.84 Å². The van der Waals surface area contributed by atoms with Crippen molar-refractivity contribution in [3.63, 3.8) is 0 Å². The first-order valence-corrected chi connectivity index (χ1v) is 6.54. The highest BCUT2D eigenvalue weighted by molar-refractivity contribution is 5.81. The van der Waals surface area contributed by atoms with Crippen molar-refractivity contribution in [2.45, 2.75) is 38.6 Å². The van der Waals surface area contributed by atoms with Crippen LogP contribution >= 0.6 is 0 Å². The van der Waals surface area contributed by atoms with Crippen molar-refractivity contribution in [3.05, 3.63) is 0 Å². The zero-order chi connectivity index (χ0) is 13.3. The Labute approximate surface area is 107 Å². The predicted molar refractivity (Wildman–Crippen MR) is 65.1 cm³/mol. The topological polar surface area (TPSA) is 66.8 Å². The number of carbonyl (C=O) groups excluding carboxylic acids is 1. The van der Waals surface area contributed by atoms with Crippen LogP contribution in [0, 0.1) is 11.8 Å². The van der Waals surface area contributed by atoms with Crippen LogP contribution in [0.3, 0.4) is 0 Å². The van der Waals surface area contributed by atoms with Crippen LogP contribution in [0.2, 0.25) is 0 Å². The van der Waals surface area contributed by atoms with E-state index < -0.39 is 5.97 Å². The minimum Gasteiger partial charge on any atom is -0.481 e. The van der Waals surface area contributed by atoms with Crippen LogP contribution in [0.25, 0.3) is 0 Å². The Kier molecular flexibility index (Phi) is 3.61. The lowest BCUT2D eigenvalue weighted by molar-refractivity contribution is -0.150. The second-order valence-electron chi connectivity index (χ2n) is 5.90. The molecule has 0 aromatic rings. The largest absolute Gasteiger partial charge is 0.481 e. The molecular weight excluding hydrogens is 234 g/mol. The molecule has 0 aromatic heterocycles. The van der Waals surface area contributed by atoms with Crippen molar-refractivity contribution in [3.8, 4) is 0 Å². The summed E-state index contributed by atoms with van der Waals surface area (Å²) in [7, 11) is 0. The Morgan fingerprint density at radius 1 is 1.28 bits per heavy atom. The fourth-order valence-corrected chi connectivity index (χ4v) is 2.92. The van der Waals surface area contributed by atoms with E-state index in [1.807, 2.05) is 18.7 Å². The number of ether oxygens (including phenoxy) is 1. The number of nitrogens with zero attached hydrogens (tertiary/aromatic N) is 1. The first kappa shape index (κ1) is 13.3. The van der Waals surface area contributed by atoms with Crippen LogP contribution in [-0.2, 0) is 14.3 Å². The van der Waals surface area contributed by atoms with E-state index >= 15 is 0 Å². The summed E-state index contributed by atoms with van der Waals surface area (Å²) >= 11 is 0. The van der Waals surface area contributed by atoms with Crippen LogP contribution in [0.1, 0.15) is 33.1 Å². The summed E-state index contributed by atoms with van der Waals surface area (Å²) in [6.07, 6.45) is 1.81. The molecule has 0 spiro atoms. The molecule has 102 valence electrons. The molecule has 1 aliphatic heterocycles. The maximum absolute atomic E-state index is 12.5. The highest BCUT2D eigenvalue weighted by atomic mass is 16.5. The van der Waals surface area contributed by atoms with Gasteiger partial charge in [-0.05, 0) is 33.1 Å². The third-order valence-corrected chi connectivity index (χ3v) is 4.04. The molecule has 1 heterocycles. The molecule has 1 saturated carbocycles. The molecule has 1 saturated heterocycles. The molecule has 5 nitrogen and oxygen atoms in total. The highest BCUT2D eigenvalue weighted by Gasteiger charge is 2.41. The van der Waals surface area contributed by atoms with Crippen LogP contribution in [-0.4, -0.2) is 47.2 Å². The molecule has 1 N–H and O–H groups in total. The summed E-state index contributed by atoms with van der Waals surface area (Å²) in [5.41, 5.74) is -0.281. The standard InChI is InChI=1S/C13H21NO4/c1-13(2)8-18-6-5-14(13)11(15)9-3-4-10(7-9)12(16)17/h9-10H,3-8H2,1-2H3,(H,16,17)/t9-,10+/m1/s1. The van der Waals surface area contributed by atoms with Gasteiger partial charge >= 0.3 is 5.97 Å². The van der Waals surface area contributed by atoms with E-state index in [1.54, 1.807) is 0 Å². The molecule has 1 amide bonds. The van der Waals surface area contributed by atoms with Gasteiger partial charge in [0.1, 0.15) is 0 Å². The van der Waals surface area contributed by atoms with Crippen molar-refractivity contribution in [2.75, 3.05) is 19.8 Å².